The minimum atomic E-state index is -0.234. The van der Waals surface area contributed by atoms with Crippen molar-refractivity contribution in [2.75, 3.05) is 19.8 Å². The highest BCUT2D eigenvalue weighted by atomic mass is 16.5. The van der Waals surface area contributed by atoms with E-state index >= 15 is 0 Å². The first-order valence-electron chi connectivity index (χ1n) is 9.12. The molecule has 0 spiro atoms. The van der Waals surface area contributed by atoms with Gasteiger partial charge in [-0.05, 0) is 30.4 Å². The number of hydrogen-bond donors (Lipinski definition) is 0. The molecule has 1 fully saturated rings. The number of Topliss-reactive ketones (excluding diaryl/α,β-unsaturated/α-hetero) is 1. The molecule has 0 bridgehead atoms. The lowest BCUT2D eigenvalue weighted by Gasteiger charge is -2.26. The van der Waals surface area contributed by atoms with Gasteiger partial charge in [-0.15, -0.1) is 0 Å². The van der Waals surface area contributed by atoms with E-state index in [1.165, 1.54) is 0 Å². The fourth-order valence-electron chi connectivity index (χ4n) is 3.30. The summed E-state index contributed by atoms with van der Waals surface area (Å²) in [4.78, 5) is 17.0. The molecular weight excluding hydrogens is 314 g/mol. The van der Waals surface area contributed by atoms with Gasteiger partial charge < -0.3 is 9.47 Å². The molecule has 2 aromatic rings. The Morgan fingerprint density at radius 2 is 2.12 bits per heavy atom. The molecule has 2 heterocycles. The number of pyridine rings is 1. The van der Waals surface area contributed by atoms with Gasteiger partial charge in [-0.3, -0.25) is 4.79 Å². The fourth-order valence-corrected chi connectivity index (χ4v) is 3.30. The van der Waals surface area contributed by atoms with Crippen LogP contribution in [0.2, 0.25) is 0 Å². The molecule has 0 saturated carbocycles. The second-order valence-corrected chi connectivity index (χ2v) is 7.70. The Bertz CT molecular complexity index is 713. The van der Waals surface area contributed by atoms with E-state index in [1.807, 2.05) is 30.3 Å². The van der Waals surface area contributed by atoms with E-state index in [0.29, 0.717) is 31.3 Å². The first-order chi connectivity index (χ1) is 12.1. The van der Waals surface area contributed by atoms with Crippen LogP contribution in [0.25, 0.3) is 10.8 Å². The van der Waals surface area contributed by atoms with Gasteiger partial charge in [-0.2, -0.15) is 0 Å². The average Bonchev–Trinajstić information content (AvgIpc) is 2.89. The third-order valence-corrected chi connectivity index (χ3v) is 4.76. The number of ketones is 1. The van der Waals surface area contributed by atoms with Crippen molar-refractivity contribution >= 4 is 16.6 Å². The first kappa shape index (κ1) is 17.9. The second kappa shape index (κ2) is 7.96. The Morgan fingerprint density at radius 3 is 3.00 bits per heavy atom. The van der Waals surface area contributed by atoms with E-state index in [-0.39, 0.29) is 11.3 Å². The van der Waals surface area contributed by atoms with Crippen molar-refractivity contribution in [2.45, 2.75) is 39.5 Å². The van der Waals surface area contributed by atoms with Crippen LogP contribution in [0.3, 0.4) is 0 Å². The highest BCUT2D eigenvalue weighted by Gasteiger charge is 2.29. The molecule has 25 heavy (non-hydrogen) atoms. The third-order valence-electron chi connectivity index (χ3n) is 4.76. The molecule has 4 heteroatoms. The summed E-state index contributed by atoms with van der Waals surface area (Å²) in [6, 6.07) is 10.0. The number of carbonyl (C=O) groups excluding carboxylic acids is 1. The summed E-state index contributed by atoms with van der Waals surface area (Å²) < 4.78 is 11.6. The fraction of sp³-hybridized carbons (Fsp3) is 0.524. The molecule has 1 atom stereocenters. The minimum absolute atomic E-state index is 0.0393. The Hall–Kier alpha value is -1.94. The molecule has 1 aromatic heterocycles. The monoisotopic (exact) mass is 341 g/mol. The van der Waals surface area contributed by atoms with Crippen molar-refractivity contribution in [3.8, 4) is 5.88 Å². The molecular formula is C21H27NO3. The normalized spacial score (nSPS) is 18.7. The Kier molecular flexibility index (Phi) is 5.69. The molecule has 1 saturated heterocycles. The SMILES string of the molecule is CC(C)(COc1nccc2ccccc12)CC(=O)C1CCCCOC1. The molecule has 1 aliphatic rings. The van der Waals surface area contributed by atoms with Crippen LogP contribution >= 0.6 is 0 Å². The molecule has 0 amide bonds. The van der Waals surface area contributed by atoms with Crippen LogP contribution in [0.4, 0.5) is 0 Å². The Labute approximate surface area is 149 Å². The smallest absolute Gasteiger partial charge is 0.221 e. The van der Waals surface area contributed by atoms with Crippen LogP contribution in [-0.2, 0) is 9.53 Å². The van der Waals surface area contributed by atoms with Crippen LogP contribution in [-0.4, -0.2) is 30.6 Å². The van der Waals surface area contributed by atoms with Gasteiger partial charge in [-0.25, -0.2) is 4.98 Å². The zero-order valence-corrected chi connectivity index (χ0v) is 15.2. The summed E-state index contributed by atoms with van der Waals surface area (Å²) >= 11 is 0. The molecule has 4 nitrogen and oxygen atoms in total. The quantitative estimate of drug-likeness (QED) is 0.780. The molecule has 1 unspecified atom stereocenters. The van der Waals surface area contributed by atoms with Crippen molar-refractivity contribution in [3.63, 3.8) is 0 Å². The Morgan fingerprint density at radius 1 is 1.28 bits per heavy atom. The van der Waals surface area contributed by atoms with Crippen LogP contribution in [0.1, 0.15) is 39.5 Å². The number of aromatic nitrogens is 1. The number of fused-ring (bicyclic) bond motifs is 1. The number of benzene rings is 1. The maximum atomic E-state index is 12.6. The van der Waals surface area contributed by atoms with Gasteiger partial charge in [0.1, 0.15) is 5.78 Å². The van der Waals surface area contributed by atoms with E-state index < -0.39 is 0 Å². The molecule has 3 rings (SSSR count). The van der Waals surface area contributed by atoms with Gasteiger partial charge in [0, 0.05) is 35.9 Å². The summed E-state index contributed by atoms with van der Waals surface area (Å²) in [5.41, 5.74) is -0.234. The van der Waals surface area contributed by atoms with Gasteiger partial charge in [-0.1, -0.05) is 38.5 Å². The van der Waals surface area contributed by atoms with Crippen LogP contribution in [0.5, 0.6) is 5.88 Å². The van der Waals surface area contributed by atoms with E-state index in [2.05, 4.69) is 18.8 Å². The van der Waals surface area contributed by atoms with Crippen molar-refractivity contribution in [2.24, 2.45) is 11.3 Å². The van der Waals surface area contributed by atoms with E-state index in [9.17, 15) is 4.79 Å². The minimum Gasteiger partial charge on any atom is -0.477 e. The molecule has 134 valence electrons. The topological polar surface area (TPSA) is 48.4 Å². The summed E-state index contributed by atoms with van der Waals surface area (Å²) in [6.07, 6.45) is 5.35. The van der Waals surface area contributed by atoms with Crippen LogP contribution < -0.4 is 4.74 Å². The maximum Gasteiger partial charge on any atom is 0.221 e. The lowest BCUT2D eigenvalue weighted by molar-refractivity contribution is -0.127. The molecule has 1 aliphatic heterocycles. The predicted molar refractivity (Wildman–Crippen MR) is 98.8 cm³/mol. The van der Waals surface area contributed by atoms with Gasteiger partial charge in [0.15, 0.2) is 0 Å². The Balaban J connectivity index is 1.61. The summed E-state index contributed by atoms with van der Waals surface area (Å²) in [5, 5.41) is 2.11. The number of rotatable bonds is 6. The highest BCUT2D eigenvalue weighted by molar-refractivity contribution is 5.86. The highest BCUT2D eigenvalue weighted by Crippen LogP contribution is 2.29. The van der Waals surface area contributed by atoms with E-state index in [4.69, 9.17) is 9.47 Å². The standard InChI is InChI=1S/C21H27NO3/c1-21(2,13-19(23)17-8-5-6-12-24-14-17)15-25-20-18-9-4-3-7-16(18)10-11-22-20/h3-4,7,9-11,17H,5-6,8,12-15H2,1-2H3. The van der Waals surface area contributed by atoms with Gasteiger partial charge >= 0.3 is 0 Å². The zero-order valence-electron chi connectivity index (χ0n) is 15.2. The van der Waals surface area contributed by atoms with Gasteiger partial charge in [0.2, 0.25) is 5.88 Å². The van der Waals surface area contributed by atoms with Crippen molar-refractivity contribution in [1.82, 2.24) is 4.98 Å². The lowest BCUT2D eigenvalue weighted by atomic mass is 9.83. The third kappa shape index (κ3) is 4.79. The van der Waals surface area contributed by atoms with E-state index in [0.717, 1.165) is 36.6 Å². The van der Waals surface area contributed by atoms with Crippen molar-refractivity contribution < 1.29 is 14.3 Å². The average molecular weight is 341 g/mol. The molecule has 0 radical (unpaired) electrons. The zero-order chi connectivity index (χ0) is 17.7. The molecule has 1 aromatic carbocycles. The van der Waals surface area contributed by atoms with Crippen LogP contribution in [0.15, 0.2) is 36.5 Å². The molecule has 0 aliphatic carbocycles. The van der Waals surface area contributed by atoms with Gasteiger partial charge in [0.25, 0.3) is 0 Å². The van der Waals surface area contributed by atoms with Crippen LogP contribution in [0, 0.1) is 11.3 Å². The van der Waals surface area contributed by atoms with E-state index in [1.54, 1.807) is 6.20 Å². The summed E-state index contributed by atoms with van der Waals surface area (Å²) in [5.74, 6) is 0.968. The lowest BCUT2D eigenvalue weighted by Crippen LogP contribution is -2.29. The summed E-state index contributed by atoms with van der Waals surface area (Å²) in [7, 11) is 0. The van der Waals surface area contributed by atoms with Crippen molar-refractivity contribution in [1.29, 1.82) is 0 Å². The van der Waals surface area contributed by atoms with Gasteiger partial charge in [0.05, 0.1) is 13.2 Å². The second-order valence-electron chi connectivity index (χ2n) is 7.70. The predicted octanol–water partition coefficient (Wildman–Crippen LogP) is 4.42. The number of carbonyl (C=O) groups is 1. The van der Waals surface area contributed by atoms with Crippen molar-refractivity contribution in [3.05, 3.63) is 36.5 Å². The number of hydrogen-bond acceptors (Lipinski definition) is 4. The number of nitrogens with zero attached hydrogens (tertiary/aromatic N) is 1. The molecule has 0 N–H and O–H groups in total. The largest absolute Gasteiger partial charge is 0.477 e. The number of ether oxygens (including phenoxy) is 2. The maximum absolute atomic E-state index is 12.6. The summed E-state index contributed by atoms with van der Waals surface area (Å²) in [6.45, 7) is 5.97. The first-order valence-corrected chi connectivity index (χ1v) is 9.12.